The number of aryl methyl sites for hydroxylation is 1. The molecule has 166 valence electrons. The van der Waals surface area contributed by atoms with Crippen molar-refractivity contribution in [3.63, 3.8) is 0 Å². The van der Waals surface area contributed by atoms with E-state index in [9.17, 15) is 14.0 Å². The highest BCUT2D eigenvalue weighted by Crippen LogP contribution is 2.25. The van der Waals surface area contributed by atoms with Crippen molar-refractivity contribution in [2.24, 2.45) is 0 Å². The maximum absolute atomic E-state index is 13.2. The van der Waals surface area contributed by atoms with Crippen LogP contribution in [0, 0.1) is 5.82 Å². The number of amides is 1. The molecule has 0 saturated heterocycles. The highest BCUT2D eigenvalue weighted by molar-refractivity contribution is 7.98. The van der Waals surface area contributed by atoms with Crippen molar-refractivity contribution in [3.8, 4) is 0 Å². The van der Waals surface area contributed by atoms with Gasteiger partial charge in [-0.05, 0) is 56.2 Å². The Balaban J connectivity index is 1.85. The molecule has 7 nitrogen and oxygen atoms in total. The van der Waals surface area contributed by atoms with Crippen molar-refractivity contribution in [1.29, 1.82) is 0 Å². The second-order valence-electron chi connectivity index (χ2n) is 7.85. The van der Waals surface area contributed by atoms with E-state index in [1.165, 1.54) is 23.9 Å². The number of fused-ring (bicyclic) bond motifs is 3. The van der Waals surface area contributed by atoms with E-state index in [-0.39, 0.29) is 23.3 Å². The fourth-order valence-electron chi connectivity index (χ4n) is 3.52. The minimum Gasteiger partial charge on any atom is -0.350 e. The van der Waals surface area contributed by atoms with Gasteiger partial charge < -0.3 is 5.32 Å². The molecular formula is C23H24FN5O2S. The molecule has 2 aromatic carbocycles. The fraction of sp³-hybridized carbons (Fsp3) is 0.304. The number of halogens is 1. The zero-order chi connectivity index (χ0) is 22.8. The first-order chi connectivity index (χ1) is 15.4. The van der Waals surface area contributed by atoms with E-state index < -0.39 is 0 Å². The van der Waals surface area contributed by atoms with Crippen LogP contribution in [0.2, 0.25) is 0 Å². The molecule has 0 aliphatic rings. The number of rotatable bonds is 7. The molecular weight excluding hydrogens is 429 g/mol. The lowest BCUT2D eigenvalue weighted by molar-refractivity contribution is 0.0943. The van der Waals surface area contributed by atoms with Crippen LogP contribution in [0.3, 0.4) is 0 Å². The van der Waals surface area contributed by atoms with Gasteiger partial charge in [-0.25, -0.2) is 4.39 Å². The maximum atomic E-state index is 13.2. The Kier molecular flexibility index (Phi) is 6.27. The summed E-state index contributed by atoms with van der Waals surface area (Å²) in [6.07, 6.45) is 0.765. The van der Waals surface area contributed by atoms with Gasteiger partial charge in [0.15, 0.2) is 5.16 Å². The maximum Gasteiger partial charge on any atom is 0.262 e. The summed E-state index contributed by atoms with van der Waals surface area (Å²) < 4.78 is 16.7. The molecule has 0 unspecified atom stereocenters. The predicted molar refractivity (Wildman–Crippen MR) is 124 cm³/mol. The van der Waals surface area contributed by atoms with Gasteiger partial charge in [0.2, 0.25) is 5.78 Å². The second-order valence-corrected chi connectivity index (χ2v) is 8.79. The third-order valence-corrected chi connectivity index (χ3v) is 5.98. The smallest absolute Gasteiger partial charge is 0.262 e. The molecule has 1 amide bonds. The largest absolute Gasteiger partial charge is 0.350 e. The molecule has 0 saturated carbocycles. The van der Waals surface area contributed by atoms with Crippen LogP contribution in [0.15, 0.2) is 52.4 Å². The van der Waals surface area contributed by atoms with E-state index >= 15 is 0 Å². The zero-order valence-electron chi connectivity index (χ0n) is 18.1. The number of benzene rings is 2. The van der Waals surface area contributed by atoms with E-state index in [4.69, 9.17) is 0 Å². The van der Waals surface area contributed by atoms with Crippen molar-refractivity contribution in [2.75, 3.05) is 0 Å². The van der Waals surface area contributed by atoms with Crippen LogP contribution in [0.5, 0.6) is 0 Å². The van der Waals surface area contributed by atoms with Crippen LogP contribution in [0.4, 0.5) is 4.39 Å². The van der Waals surface area contributed by atoms with Gasteiger partial charge in [0.1, 0.15) is 5.82 Å². The number of nitrogens with one attached hydrogen (secondary N) is 1. The van der Waals surface area contributed by atoms with E-state index in [1.54, 1.807) is 34.9 Å². The molecule has 9 heteroatoms. The molecule has 0 atom stereocenters. The number of hydrogen-bond donors (Lipinski definition) is 1. The Morgan fingerprint density at radius 3 is 2.59 bits per heavy atom. The molecule has 0 fully saturated rings. The Labute approximate surface area is 188 Å². The second kappa shape index (κ2) is 9.12. The number of hydrogen-bond acceptors (Lipinski definition) is 5. The van der Waals surface area contributed by atoms with Crippen LogP contribution < -0.4 is 10.9 Å². The minimum atomic E-state index is -0.284. The van der Waals surface area contributed by atoms with Crippen LogP contribution in [0.1, 0.15) is 43.1 Å². The lowest BCUT2D eigenvalue weighted by Gasteiger charge is -2.13. The van der Waals surface area contributed by atoms with Gasteiger partial charge in [-0.15, -0.1) is 10.2 Å². The lowest BCUT2D eigenvalue weighted by atomic mass is 10.1. The van der Waals surface area contributed by atoms with E-state index in [0.29, 0.717) is 39.7 Å². The first-order valence-electron chi connectivity index (χ1n) is 10.5. The summed E-state index contributed by atoms with van der Waals surface area (Å²) in [5.41, 5.74) is 1.83. The van der Waals surface area contributed by atoms with E-state index in [1.807, 2.05) is 25.2 Å². The van der Waals surface area contributed by atoms with Gasteiger partial charge in [0.05, 0.1) is 10.9 Å². The number of aromatic nitrogens is 4. The summed E-state index contributed by atoms with van der Waals surface area (Å²) in [6, 6.07) is 11.4. The van der Waals surface area contributed by atoms with Crippen molar-refractivity contribution in [2.45, 2.75) is 50.7 Å². The molecule has 4 rings (SSSR count). The van der Waals surface area contributed by atoms with Crippen molar-refractivity contribution in [3.05, 3.63) is 69.8 Å². The van der Waals surface area contributed by atoms with Crippen molar-refractivity contribution >= 4 is 34.3 Å². The average molecular weight is 454 g/mol. The molecule has 1 N–H and O–H groups in total. The van der Waals surface area contributed by atoms with Gasteiger partial charge in [-0.1, -0.05) is 30.8 Å². The summed E-state index contributed by atoms with van der Waals surface area (Å²) in [6.45, 7) is 6.29. The summed E-state index contributed by atoms with van der Waals surface area (Å²) >= 11 is 1.44. The van der Waals surface area contributed by atoms with Gasteiger partial charge >= 0.3 is 0 Å². The van der Waals surface area contributed by atoms with Crippen LogP contribution in [-0.2, 0) is 12.3 Å². The highest BCUT2D eigenvalue weighted by atomic mass is 32.2. The van der Waals surface area contributed by atoms with Gasteiger partial charge in [0, 0.05) is 23.9 Å². The molecule has 0 aliphatic carbocycles. The molecule has 32 heavy (non-hydrogen) atoms. The van der Waals surface area contributed by atoms with Gasteiger partial charge in [-0.3, -0.25) is 18.6 Å². The summed E-state index contributed by atoms with van der Waals surface area (Å²) in [7, 11) is 0. The molecule has 4 aromatic rings. The Hall–Kier alpha value is -3.20. The average Bonchev–Trinajstić information content (AvgIpc) is 3.19. The Morgan fingerprint density at radius 1 is 1.16 bits per heavy atom. The molecule has 0 aliphatic heterocycles. The first kappa shape index (κ1) is 22.0. The highest BCUT2D eigenvalue weighted by Gasteiger charge is 2.18. The predicted octanol–water partition coefficient (Wildman–Crippen LogP) is 4.02. The van der Waals surface area contributed by atoms with Crippen LogP contribution >= 0.6 is 11.8 Å². The summed E-state index contributed by atoms with van der Waals surface area (Å²) in [5, 5.41) is 12.6. The quantitative estimate of drug-likeness (QED) is 0.428. The Morgan fingerprint density at radius 2 is 1.91 bits per heavy atom. The van der Waals surface area contributed by atoms with Gasteiger partial charge in [0.25, 0.3) is 11.5 Å². The zero-order valence-corrected chi connectivity index (χ0v) is 18.9. The number of nitrogens with zero attached hydrogens (tertiary/aromatic N) is 4. The van der Waals surface area contributed by atoms with E-state index in [0.717, 1.165) is 12.0 Å². The van der Waals surface area contributed by atoms with E-state index in [2.05, 4.69) is 15.5 Å². The lowest BCUT2D eigenvalue weighted by Crippen LogP contribution is -2.30. The molecule has 2 heterocycles. The summed E-state index contributed by atoms with van der Waals surface area (Å²) in [4.78, 5) is 25.7. The first-order valence-corrected chi connectivity index (χ1v) is 11.5. The van der Waals surface area contributed by atoms with Crippen LogP contribution in [-0.4, -0.2) is 31.1 Å². The normalized spacial score (nSPS) is 11.5. The number of carbonyl (C=O) groups is 1. The summed E-state index contributed by atoms with van der Waals surface area (Å²) in [5.74, 6) is 0.505. The topological polar surface area (TPSA) is 81.3 Å². The number of thioether (sulfide) groups is 1. The minimum absolute atomic E-state index is 0.00694. The van der Waals surface area contributed by atoms with Crippen molar-refractivity contribution in [1.82, 2.24) is 24.5 Å². The monoisotopic (exact) mass is 453 g/mol. The van der Waals surface area contributed by atoms with Gasteiger partial charge in [-0.2, -0.15) is 0 Å². The SMILES string of the molecule is CCCn1c(=O)c2ccc(C(=O)NC(C)C)cc2n2c(SCc3ccc(F)cc3)nnc12. The number of carbonyl (C=O) groups excluding carboxylic acids is 1. The molecule has 0 radical (unpaired) electrons. The Bertz CT molecular complexity index is 1340. The molecule has 0 bridgehead atoms. The molecule has 2 aromatic heterocycles. The fourth-order valence-corrected chi connectivity index (χ4v) is 4.41. The van der Waals surface area contributed by atoms with Crippen molar-refractivity contribution < 1.29 is 9.18 Å². The third kappa shape index (κ3) is 4.25. The van der Waals surface area contributed by atoms with Crippen LogP contribution in [0.25, 0.3) is 16.7 Å². The third-order valence-electron chi connectivity index (χ3n) is 4.98. The standard InChI is InChI=1S/C23H24FN5O2S/c1-4-11-28-21(31)18-10-7-16(20(30)25-14(2)3)12-19(18)29-22(28)26-27-23(29)32-13-15-5-8-17(24)9-6-15/h5-10,12,14H,4,11,13H2,1-3H3,(H,25,30). The molecule has 0 spiro atoms.